The Morgan fingerprint density at radius 2 is 1.90 bits per heavy atom. The molecule has 0 saturated heterocycles. The average Bonchev–Trinajstić information content (AvgIpc) is 3.18. The lowest BCUT2D eigenvalue weighted by Gasteiger charge is -2.18. The Labute approximate surface area is 169 Å². The number of ether oxygens (including phenoxy) is 1. The third-order valence-electron chi connectivity index (χ3n) is 5.39. The van der Waals surface area contributed by atoms with E-state index in [0.717, 1.165) is 30.5 Å². The molecule has 150 valence electrons. The number of aromatic nitrogens is 2. The van der Waals surface area contributed by atoms with Crippen molar-refractivity contribution in [3.05, 3.63) is 81.0 Å². The summed E-state index contributed by atoms with van der Waals surface area (Å²) in [6.45, 7) is 2.55. The highest BCUT2D eigenvalue weighted by molar-refractivity contribution is 5.62. The molecule has 29 heavy (non-hydrogen) atoms. The van der Waals surface area contributed by atoms with Crippen molar-refractivity contribution in [3.63, 3.8) is 0 Å². The summed E-state index contributed by atoms with van der Waals surface area (Å²) in [7, 11) is 1.45. The molecule has 0 unspecified atom stereocenters. The summed E-state index contributed by atoms with van der Waals surface area (Å²) in [5.74, 6) is 0.323. The lowest BCUT2D eigenvalue weighted by Crippen LogP contribution is -2.19. The fourth-order valence-electron chi connectivity index (χ4n) is 3.82. The summed E-state index contributed by atoms with van der Waals surface area (Å²) >= 11 is 0. The van der Waals surface area contributed by atoms with Crippen LogP contribution >= 0.6 is 0 Å². The first-order valence-electron chi connectivity index (χ1n) is 9.89. The molecule has 4 rings (SSSR count). The molecular weight excluding hydrogens is 369 g/mol. The monoisotopic (exact) mass is 393 g/mol. The van der Waals surface area contributed by atoms with Crippen molar-refractivity contribution in [2.24, 2.45) is 0 Å². The fraction of sp³-hybridized carbons (Fsp3) is 0.304. The molecular formula is C23H24FN3O2. The highest BCUT2D eigenvalue weighted by Gasteiger charge is 2.16. The van der Waals surface area contributed by atoms with Gasteiger partial charge in [0.15, 0.2) is 0 Å². The summed E-state index contributed by atoms with van der Waals surface area (Å²) in [4.78, 5) is 16.5. The van der Waals surface area contributed by atoms with E-state index >= 15 is 0 Å². The minimum absolute atomic E-state index is 0.169. The Bertz CT molecular complexity index is 1090. The second-order valence-electron chi connectivity index (χ2n) is 7.30. The molecule has 2 aromatic carbocycles. The Balaban J connectivity index is 1.74. The standard InChI is InChI=1S/C23H24FN3O2/c1-3-16-11-17-5-4-6-18(17)12-20(16)25-23-26-22(28)21(29-2)14-27(23)13-15-7-9-19(24)10-8-15/h7-12,14H,3-6,13H2,1-2H3,(H,25,26,28). The molecule has 0 spiro atoms. The molecule has 1 N–H and O–H groups in total. The van der Waals surface area contributed by atoms with Crippen molar-refractivity contribution in [2.45, 2.75) is 39.2 Å². The predicted octanol–water partition coefficient (Wildman–Crippen LogP) is 4.23. The van der Waals surface area contributed by atoms with Crippen LogP contribution in [0.4, 0.5) is 16.0 Å². The van der Waals surface area contributed by atoms with Crippen molar-refractivity contribution in [1.29, 1.82) is 0 Å². The number of methoxy groups -OCH3 is 1. The molecule has 0 radical (unpaired) electrons. The number of aryl methyl sites for hydroxylation is 3. The van der Waals surface area contributed by atoms with Crippen molar-refractivity contribution < 1.29 is 9.13 Å². The van der Waals surface area contributed by atoms with E-state index in [-0.39, 0.29) is 11.6 Å². The average molecular weight is 393 g/mol. The number of benzene rings is 2. The van der Waals surface area contributed by atoms with Gasteiger partial charge in [0.05, 0.1) is 19.9 Å². The van der Waals surface area contributed by atoms with Crippen LogP contribution < -0.4 is 15.6 Å². The second kappa shape index (κ2) is 8.07. The fourth-order valence-corrected chi connectivity index (χ4v) is 3.82. The maximum Gasteiger partial charge on any atom is 0.316 e. The normalized spacial score (nSPS) is 12.7. The second-order valence-corrected chi connectivity index (χ2v) is 7.30. The van der Waals surface area contributed by atoms with Crippen molar-refractivity contribution in [2.75, 3.05) is 12.4 Å². The van der Waals surface area contributed by atoms with Gasteiger partial charge in [-0.2, -0.15) is 4.98 Å². The zero-order valence-electron chi connectivity index (χ0n) is 16.7. The summed E-state index contributed by atoms with van der Waals surface area (Å²) < 4.78 is 20.3. The number of anilines is 2. The Morgan fingerprint density at radius 1 is 1.17 bits per heavy atom. The number of halogens is 1. The van der Waals surface area contributed by atoms with Crippen molar-refractivity contribution in [1.82, 2.24) is 9.55 Å². The van der Waals surface area contributed by atoms with Gasteiger partial charge in [0.25, 0.3) is 0 Å². The lowest BCUT2D eigenvalue weighted by atomic mass is 10.0. The van der Waals surface area contributed by atoms with Crippen LogP contribution in [0.5, 0.6) is 5.75 Å². The lowest BCUT2D eigenvalue weighted by molar-refractivity contribution is 0.402. The van der Waals surface area contributed by atoms with Crippen molar-refractivity contribution >= 4 is 11.6 Å². The first-order valence-corrected chi connectivity index (χ1v) is 9.89. The minimum atomic E-state index is -0.426. The molecule has 6 heteroatoms. The van der Waals surface area contributed by atoms with E-state index in [0.29, 0.717) is 12.5 Å². The van der Waals surface area contributed by atoms with Crippen LogP contribution in [0, 0.1) is 5.82 Å². The van der Waals surface area contributed by atoms with Crippen LogP contribution in [-0.4, -0.2) is 16.7 Å². The molecule has 1 aromatic heterocycles. The van der Waals surface area contributed by atoms with Gasteiger partial charge in [0.2, 0.25) is 11.7 Å². The van der Waals surface area contributed by atoms with E-state index in [1.54, 1.807) is 18.3 Å². The van der Waals surface area contributed by atoms with Gasteiger partial charge in [-0.3, -0.25) is 4.79 Å². The Kier molecular flexibility index (Phi) is 5.34. The predicted molar refractivity (Wildman–Crippen MR) is 112 cm³/mol. The number of fused-ring (bicyclic) bond motifs is 1. The summed E-state index contributed by atoms with van der Waals surface area (Å²) in [5.41, 5.74) is 5.41. The molecule has 1 heterocycles. The smallest absolute Gasteiger partial charge is 0.316 e. The third kappa shape index (κ3) is 4.01. The highest BCUT2D eigenvalue weighted by Crippen LogP contribution is 2.30. The molecule has 0 saturated carbocycles. The maximum atomic E-state index is 13.3. The Morgan fingerprint density at radius 3 is 2.59 bits per heavy atom. The SMILES string of the molecule is CCc1cc2c(cc1Nc1nc(=O)c(OC)cn1Cc1ccc(F)cc1)CCC2. The van der Waals surface area contributed by atoms with Crippen LogP contribution in [0.15, 0.2) is 47.4 Å². The number of hydrogen-bond donors (Lipinski definition) is 1. The number of hydrogen-bond acceptors (Lipinski definition) is 4. The van der Waals surface area contributed by atoms with Crippen LogP contribution in [0.25, 0.3) is 0 Å². The van der Waals surface area contributed by atoms with Gasteiger partial charge >= 0.3 is 5.56 Å². The quantitative estimate of drug-likeness (QED) is 0.681. The zero-order chi connectivity index (χ0) is 20.4. The number of nitrogens with one attached hydrogen (secondary N) is 1. The molecule has 0 fully saturated rings. The molecule has 0 bridgehead atoms. The van der Waals surface area contributed by atoms with Crippen LogP contribution in [0.2, 0.25) is 0 Å². The molecule has 0 amide bonds. The van der Waals surface area contributed by atoms with Crippen LogP contribution in [-0.2, 0) is 25.8 Å². The molecule has 1 aliphatic rings. The van der Waals surface area contributed by atoms with E-state index in [9.17, 15) is 9.18 Å². The summed E-state index contributed by atoms with van der Waals surface area (Å²) in [6.07, 6.45) is 5.90. The highest BCUT2D eigenvalue weighted by atomic mass is 19.1. The molecule has 3 aromatic rings. The van der Waals surface area contributed by atoms with Crippen molar-refractivity contribution in [3.8, 4) is 5.75 Å². The number of rotatable bonds is 6. The van der Waals surface area contributed by atoms with Gasteiger partial charge < -0.3 is 14.6 Å². The third-order valence-corrected chi connectivity index (χ3v) is 5.39. The minimum Gasteiger partial charge on any atom is -0.490 e. The topological polar surface area (TPSA) is 56.1 Å². The first kappa shape index (κ1) is 19.2. The van der Waals surface area contributed by atoms with Gasteiger partial charge in [-0.15, -0.1) is 0 Å². The van der Waals surface area contributed by atoms with E-state index < -0.39 is 5.56 Å². The van der Waals surface area contributed by atoms with Gasteiger partial charge in [-0.1, -0.05) is 25.1 Å². The van der Waals surface area contributed by atoms with Crippen LogP contribution in [0.3, 0.4) is 0 Å². The van der Waals surface area contributed by atoms with Gasteiger partial charge in [-0.05, 0) is 66.1 Å². The van der Waals surface area contributed by atoms with Gasteiger partial charge in [0, 0.05) is 5.69 Å². The largest absolute Gasteiger partial charge is 0.490 e. The number of nitrogens with zero attached hydrogens (tertiary/aromatic N) is 2. The summed E-state index contributed by atoms with van der Waals surface area (Å²) in [6, 6.07) is 10.7. The maximum absolute atomic E-state index is 13.3. The molecule has 1 aliphatic carbocycles. The van der Waals surface area contributed by atoms with Crippen LogP contribution in [0.1, 0.15) is 35.6 Å². The van der Waals surface area contributed by atoms with E-state index in [1.165, 1.54) is 42.4 Å². The first-order chi connectivity index (χ1) is 14.1. The van der Waals surface area contributed by atoms with Gasteiger partial charge in [0.1, 0.15) is 5.82 Å². The molecule has 5 nitrogen and oxygen atoms in total. The van der Waals surface area contributed by atoms with Gasteiger partial charge in [-0.25, -0.2) is 4.39 Å². The van der Waals surface area contributed by atoms with E-state index in [4.69, 9.17) is 4.74 Å². The van der Waals surface area contributed by atoms with E-state index in [2.05, 4.69) is 29.4 Å². The Hall–Kier alpha value is -3.15. The van der Waals surface area contributed by atoms with E-state index in [1.807, 2.05) is 4.57 Å². The summed E-state index contributed by atoms with van der Waals surface area (Å²) in [5, 5.41) is 3.37. The zero-order valence-corrected chi connectivity index (χ0v) is 16.7. The molecule has 0 aliphatic heterocycles. The molecule has 0 atom stereocenters.